The van der Waals surface area contributed by atoms with Crippen LogP contribution in [0.5, 0.6) is 0 Å². The van der Waals surface area contributed by atoms with Crippen LogP contribution in [-0.4, -0.2) is 9.78 Å². The lowest BCUT2D eigenvalue weighted by Crippen LogP contribution is -2.05. The maximum Gasteiger partial charge on any atom is 0.137 e. The van der Waals surface area contributed by atoms with Gasteiger partial charge < -0.3 is 0 Å². The van der Waals surface area contributed by atoms with Gasteiger partial charge in [0.2, 0.25) is 0 Å². The van der Waals surface area contributed by atoms with Gasteiger partial charge in [0.05, 0.1) is 22.1 Å². The molecule has 2 nitrogen and oxygen atoms in total. The highest BCUT2D eigenvalue weighted by atomic mass is 79.9. The Labute approximate surface area is 125 Å². The predicted octanol–water partition coefficient (Wildman–Crippen LogP) is 4.75. The fourth-order valence-corrected chi connectivity index (χ4v) is 2.98. The van der Waals surface area contributed by atoms with Crippen LogP contribution >= 0.6 is 27.5 Å². The van der Waals surface area contributed by atoms with Gasteiger partial charge in [-0.3, -0.25) is 4.68 Å². The van der Waals surface area contributed by atoms with Crippen LogP contribution in [0, 0.1) is 19.7 Å². The van der Waals surface area contributed by atoms with E-state index < -0.39 is 0 Å². The molecule has 0 radical (unpaired) electrons. The first-order valence-corrected chi connectivity index (χ1v) is 7.25. The third-order valence-electron chi connectivity index (χ3n) is 3.19. The molecule has 0 spiro atoms. The Hall–Kier alpha value is -0.870. The molecule has 1 unspecified atom stereocenters. The van der Waals surface area contributed by atoms with Gasteiger partial charge in [-0.05, 0) is 48.3 Å². The highest BCUT2D eigenvalue weighted by molar-refractivity contribution is 9.10. The van der Waals surface area contributed by atoms with Crippen molar-refractivity contribution in [3.05, 3.63) is 51.0 Å². The topological polar surface area (TPSA) is 17.8 Å². The average Bonchev–Trinajstić information content (AvgIpc) is 2.60. The minimum atomic E-state index is -0.259. The number of hydrogen-bond acceptors (Lipinski definition) is 1. The van der Waals surface area contributed by atoms with Crippen LogP contribution in [0.4, 0.5) is 4.39 Å². The first-order chi connectivity index (χ1) is 8.91. The summed E-state index contributed by atoms with van der Waals surface area (Å²) in [6, 6.07) is 5.01. The van der Waals surface area contributed by atoms with Crippen molar-refractivity contribution in [2.75, 3.05) is 0 Å². The van der Waals surface area contributed by atoms with Crippen LogP contribution in [0.2, 0.25) is 0 Å². The van der Waals surface area contributed by atoms with Crippen molar-refractivity contribution in [1.82, 2.24) is 9.78 Å². The SMILES string of the molecule is Cc1nn(Cc2cccc(F)c2Br)c(C)c1C(C)Cl. The molecular formula is C14H15BrClFN2. The van der Waals surface area contributed by atoms with E-state index in [9.17, 15) is 4.39 Å². The molecule has 1 heterocycles. The minimum absolute atomic E-state index is 0.0790. The molecule has 0 aliphatic heterocycles. The molecule has 0 fully saturated rings. The van der Waals surface area contributed by atoms with Crippen molar-refractivity contribution in [1.29, 1.82) is 0 Å². The van der Waals surface area contributed by atoms with Crippen LogP contribution in [-0.2, 0) is 6.54 Å². The molecular weight excluding hydrogens is 331 g/mol. The van der Waals surface area contributed by atoms with Crippen molar-refractivity contribution in [3.63, 3.8) is 0 Å². The van der Waals surface area contributed by atoms with Crippen LogP contribution in [0.15, 0.2) is 22.7 Å². The van der Waals surface area contributed by atoms with Gasteiger partial charge >= 0.3 is 0 Å². The minimum Gasteiger partial charge on any atom is -0.265 e. The maximum absolute atomic E-state index is 13.5. The standard InChI is InChI=1S/C14H15BrClFN2/c1-8(16)13-9(2)18-19(10(13)3)7-11-5-4-6-12(17)14(11)15/h4-6,8H,7H2,1-3H3. The van der Waals surface area contributed by atoms with E-state index in [2.05, 4.69) is 21.0 Å². The van der Waals surface area contributed by atoms with Gasteiger partial charge in [-0.15, -0.1) is 11.6 Å². The molecule has 0 saturated heterocycles. The van der Waals surface area contributed by atoms with E-state index in [1.165, 1.54) is 6.07 Å². The predicted molar refractivity (Wildman–Crippen MR) is 79.2 cm³/mol. The van der Waals surface area contributed by atoms with Crippen molar-refractivity contribution in [2.24, 2.45) is 0 Å². The van der Waals surface area contributed by atoms with Gasteiger partial charge in [-0.25, -0.2) is 4.39 Å². The molecule has 0 aliphatic carbocycles. The van der Waals surface area contributed by atoms with Crippen molar-refractivity contribution in [3.8, 4) is 0 Å². The number of aromatic nitrogens is 2. The third kappa shape index (κ3) is 2.84. The van der Waals surface area contributed by atoms with Gasteiger partial charge in [0.1, 0.15) is 5.82 Å². The Morgan fingerprint density at radius 3 is 2.68 bits per heavy atom. The average molecular weight is 346 g/mol. The van der Waals surface area contributed by atoms with Crippen LogP contribution in [0.1, 0.15) is 34.8 Å². The summed E-state index contributed by atoms with van der Waals surface area (Å²) in [4.78, 5) is 0. The van der Waals surface area contributed by atoms with Gasteiger partial charge in [0.25, 0.3) is 0 Å². The molecule has 2 aromatic rings. The molecule has 0 aliphatic rings. The van der Waals surface area contributed by atoms with Gasteiger partial charge in [-0.1, -0.05) is 12.1 Å². The summed E-state index contributed by atoms with van der Waals surface area (Å²) >= 11 is 9.44. The second-order valence-corrected chi connectivity index (χ2v) is 6.02. The number of rotatable bonds is 3. The lowest BCUT2D eigenvalue weighted by molar-refractivity contribution is 0.607. The summed E-state index contributed by atoms with van der Waals surface area (Å²) in [6.45, 7) is 6.38. The Balaban J connectivity index is 2.39. The Kier molecular flexibility index (Phi) is 4.31. The van der Waals surface area contributed by atoms with Crippen molar-refractivity contribution in [2.45, 2.75) is 32.7 Å². The lowest BCUT2D eigenvalue weighted by atomic mass is 10.1. The molecule has 0 bridgehead atoms. The number of nitrogens with zero attached hydrogens (tertiary/aromatic N) is 2. The van der Waals surface area contributed by atoms with Gasteiger partial charge in [0.15, 0.2) is 0 Å². The zero-order valence-corrected chi connectivity index (χ0v) is 13.4. The summed E-state index contributed by atoms with van der Waals surface area (Å²) in [5.41, 5.74) is 3.86. The second kappa shape index (κ2) is 5.63. The molecule has 1 aromatic heterocycles. The molecule has 2 rings (SSSR count). The fourth-order valence-electron chi connectivity index (χ4n) is 2.27. The normalized spacial score (nSPS) is 12.7. The quantitative estimate of drug-likeness (QED) is 0.734. The van der Waals surface area contributed by atoms with Gasteiger partial charge in [0, 0.05) is 11.3 Å². The van der Waals surface area contributed by atoms with E-state index in [4.69, 9.17) is 11.6 Å². The first-order valence-electron chi connectivity index (χ1n) is 6.02. The number of alkyl halides is 1. The molecule has 0 amide bonds. The molecule has 0 saturated carbocycles. The second-order valence-electron chi connectivity index (χ2n) is 4.57. The molecule has 19 heavy (non-hydrogen) atoms. The van der Waals surface area contributed by atoms with Crippen LogP contribution in [0.3, 0.4) is 0 Å². The summed E-state index contributed by atoms with van der Waals surface area (Å²) < 4.78 is 15.9. The number of benzene rings is 1. The monoisotopic (exact) mass is 344 g/mol. The Morgan fingerprint density at radius 1 is 1.42 bits per heavy atom. The highest BCUT2D eigenvalue weighted by Crippen LogP contribution is 2.28. The Morgan fingerprint density at radius 2 is 2.11 bits per heavy atom. The van der Waals surface area contributed by atoms with E-state index in [1.807, 2.05) is 31.5 Å². The van der Waals surface area contributed by atoms with E-state index in [1.54, 1.807) is 6.07 Å². The van der Waals surface area contributed by atoms with E-state index >= 15 is 0 Å². The maximum atomic E-state index is 13.5. The third-order valence-corrected chi connectivity index (χ3v) is 4.29. The lowest BCUT2D eigenvalue weighted by Gasteiger charge is -2.09. The molecule has 5 heteroatoms. The molecule has 1 aromatic carbocycles. The largest absolute Gasteiger partial charge is 0.265 e. The van der Waals surface area contributed by atoms with E-state index in [0.717, 1.165) is 22.5 Å². The fraction of sp³-hybridized carbons (Fsp3) is 0.357. The molecule has 0 N–H and O–H groups in total. The Bertz CT molecular complexity index is 608. The summed E-state index contributed by atoms with van der Waals surface area (Å²) in [7, 11) is 0. The number of aryl methyl sites for hydroxylation is 1. The zero-order chi connectivity index (χ0) is 14.2. The number of hydrogen-bond donors (Lipinski definition) is 0. The van der Waals surface area contributed by atoms with Gasteiger partial charge in [-0.2, -0.15) is 5.10 Å². The zero-order valence-electron chi connectivity index (χ0n) is 11.0. The van der Waals surface area contributed by atoms with E-state index in [0.29, 0.717) is 11.0 Å². The van der Waals surface area contributed by atoms with Crippen molar-refractivity contribution < 1.29 is 4.39 Å². The van der Waals surface area contributed by atoms with E-state index in [-0.39, 0.29) is 11.2 Å². The summed E-state index contributed by atoms with van der Waals surface area (Å²) in [5, 5.41) is 4.41. The number of halogens is 3. The molecule has 1 atom stereocenters. The van der Waals surface area contributed by atoms with Crippen molar-refractivity contribution >= 4 is 27.5 Å². The van der Waals surface area contributed by atoms with Crippen LogP contribution < -0.4 is 0 Å². The smallest absolute Gasteiger partial charge is 0.137 e. The highest BCUT2D eigenvalue weighted by Gasteiger charge is 2.16. The summed E-state index contributed by atoms with van der Waals surface area (Å²) in [5.74, 6) is -0.259. The first kappa shape index (κ1) is 14.5. The molecule has 102 valence electrons. The van der Waals surface area contributed by atoms with Crippen LogP contribution in [0.25, 0.3) is 0 Å². The summed E-state index contributed by atoms with van der Waals surface area (Å²) in [6.07, 6.45) is 0.